The number of hydrogen-bond acceptors (Lipinski definition) is 5. The fourth-order valence-electron chi connectivity index (χ4n) is 1.76. The molecular weight excluding hydrogens is 314 g/mol. The Balaban J connectivity index is 2.25. The Morgan fingerprint density at radius 3 is 2.81 bits per heavy atom. The Kier molecular flexibility index (Phi) is 4.54. The summed E-state index contributed by atoms with van der Waals surface area (Å²) < 4.78 is 0. The molecule has 1 aromatic heterocycles. The van der Waals surface area contributed by atoms with Gasteiger partial charge in [0.05, 0.1) is 33.3 Å². The normalized spacial score (nSPS) is 10.4. The van der Waals surface area contributed by atoms with Gasteiger partial charge in [0.15, 0.2) is 0 Å². The summed E-state index contributed by atoms with van der Waals surface area (Å²) >= 11 is 7.43. The molecule has 1 aromatic carbocycles. The van der Waals surface area contributed by atoms with Crippen molar-refractivity contribution < 1.29 is 9.72 Å². The van der Waals surface area contributed by atoms with E-state index in [9.17, 15) is 14.9 Å². The number of thiazole rings is 1. The van der Waals surface area contributed by atoms with E-state index in [0.29, 0.717) is 6.54 Å². The van der Waals surface area contributed by atoms with Crippen molar-refractivity contribution in [3.05, 3.63) is 55.0 Å². The molecular formula is C13H12ClN3O3S. The fourth-order valence-corrected chi connectivity index (χ4v) is 2.79. The number of aryl methyl sites for hydroxylation is 1. The lowest BCUT2D eigenvalue weighted by Gasteiger charge is -2.17. The van der Waals surface area contributed by atoms with Gasteiger partial charge in [0.25, 0.3) is 11.6 Å². The van der Waals surface area contributed by atoms with E-state index in [4.69, 9.17) is 11.6 Å². The Labute approximate surface area is 130 Å². The highest BCUT2D eigenvalue weighted by Crippen LogP contribution is 2.24. The molecule has 0 aliphatic heterocycles. The second-order valence-corrected chi connectivity index (χ2v) is 5.79. The number of carbonyl (C=O) groups excluding carboxylic acids is 1. The maximum atomic E-state index is 12.4. The van der Waals surface area contributed by atoms with Crippen molar-refractivity contribution in [2.45, 2.75) is 13.5 Å². The van der Waals surface area contributed by atoms with Gasteiger partial charge in [-0.05, 0) is 13.0 Å². The molecule has 0 N–H and O–H groups in total. The number of aromatic nitrogens is 1. The molecule has 0 aliphatic rings. The van der Waals surface area contributed by atoms with Crippen LogP contribution in [0.5, 0.6) is 0 Å². The van der Waals surface area contributed by atoms with Crippen LogP contribution >= 0.6 is 22.9 Å². The van der Waals surface area contributed by atoms with Gasteiger partial charge < -0.3 is 4.90 Å². The van der Waals surface area contributed by atoms with Crippen molar-refractivity contribution in [1.29, 1.82) is 0 Å². The summed E-state index contributed by atoms with van der Waals surface area (Å²) in [5, 5.41) is 11.0. The highest BCUT2D eigenvalue weighted by Gasteiger charge is 2.20. The zero-order valence-electron chi connectivity index (χ0n) is 11.4. The van der Waals surface area contributed by atoms with Gasteiger partial charge >= 0.3 is 0 Å². The minimum absolute atomic E-state index is 0.121. The van der Waals surface area contributed by atoms with E-state index in [2.05, 4.69) is 4.98 Å². The summed E-state index contributed by atoms with van der Waals surface area (Å²) in [6.07, 6.45) is 0. The second-order valence-electron chi connectivity index (χ2n) is 4.44. The zero-order valence-corrected chi connectivity index (χ0v) is 12.9. The molecule has 0 atom stereocenters. The van der Waals surface area contributed by atoms with Gasteiger partial charge in [-0.15, -0.1) is 11.3 Å². The molecule has 110 valence electrons. The summed E-state index contributed by atoms with van der Waals surface area (Å²) in [5.74, 6) is -0.364. The van der Waals surface area contributed by atoms with E-state index >= 15 is 0 Å². The molecule has 2 rings (SSSR count). The predicted molar refractivity (Wildman–Crippen MR) is 80.8 cm³/mol. The molecule has 1 heterocycles. The second kappa shape index (κ2) is 6.19. The van der Waals surface area contributed by atoms with E-state index in [0.717, 1.165) is 10.6 Å². The molecule has 0 bridgehead atoms. The first-order chi connectivity index (χ1) is 9.90. The van der Waals surface area contributed by atoms with Crippen LogP contribution in [0, 0.1) is 17.0 Å². The van der Waals surface area contributed by atoms with E-state index in [-0.39, 0.29) is 22.2 Å². The Morgan fingerprint density at radius 1 is 1.52 bits per heavy atom. The van der Waals surface area contributed by atoms with Gasteiger partial charge in [-0.25, -0.2) is 4.98 Å². The van der Waals surface area contributed by atoms with Crippen molar-refractivity contribution in [1.82, 2.24) is 9.88 Å². The number of nitro benzene ring substituents is 1. The number of rotatable bonds is 4. The molecule has 0 unspecified atom stereocenters. The number of amides is 1. The first-order valence-electron chi connectivity index (χ1n) is 5.98. The summed E-state index contributed by atoms with van der Waals surface area (Å²) in [5.41, 5.74) is 2.54. The third-order valence-electron chi connectivity index (χ3n) is 2.96. The van der Waals surface area contributed by atoms with Crippen LogP contribution in [0.1, 0.15) is 20.9 Å². The number of benzene rings is 1. The number of halogens is 1. The number of hydrogen-bond donors (Lipinski definition) is 0. The summed E-state index contributed by atoms with van der Waals surface area (Å²) in [6, 6.07) is 3.83. The standard InChI is InChI=1S/C13H12ClN3O3S/c1-8-12(21-7-15-8)6-16(2)13(18)10-5-9(17(19)20)3-4-11(10)14/h3-5,7H,6H2,1-2H3. The third-order valence-corrected chi connectivity index (χ3v) is 4.21. The average molecular weight is 326 g/mol. The van der Waals surface area contributed by atoms with E-state index < -0.39 is 4.92 Å². The maximum Gasteiger partial charge on any atom is 0.270 e. The number of non-ortho nitro benzene ring substituents is 1. The van der Waals surface area contributed by atoms with Crippen molar-refractivity contribution in [3.63, 3.8) is 0 Å². The number of nitrogens with zero attached hydrogens (tertiary/aromatic N) is 3. The Bertz CT molecular complexity index is 702. The Hall–Kier alpha value is -1.99. The maximum absolute atomic E-state index is 12.4. The van der Waals surface area contributed by atoms with Gasteiger partial charge in [0, 0.05) is 24.1 Å². The van der Waals surface area contributed by atoms with Gasteiger partial charge in [-0.2, -0.15) is 0 Å². The Morgan fingerprint density at radius 2 is 2.24 bits per heavy atom. The van der Waals surface area contributed by atoms with Crippen LogP contribution in [0.15, 0.2) is 23.7 Å². The molecule has 0 radical (unpaired) electrons. The van der Waals surface area contributed by atoms with Crippen molar-refractivity contribution in [2.75, 3.05) is 7.05 Å². The number of nitro groups is 1. The van der Waals surface area contributed by atoms with E-state index in [1.165, 1.54) is 34.4 Å². The molecule has 0 aliphatic carbocycles. The van der Waals surface area contributed by atoms with Crippen LogP contribution in [-0.4, -0.2) is 27.8 Å². The topological polar surface area (TPSA) is 76.3 Å². The monoisotopic (exact) mass is 325 g/mol. The van der Waals surface area contributed by atoms with Gasteiger partial charge in [-0.1, -0.05) is 11.6 Å². The SMILES string of the molecule is Cc1ncsc1CN(C)C(=O)c1cc([N+](=O)[O-])ccc1Cl. The zero-order chi connectivity index (χ0) is 15.6. The van der Waals surface area contributed by atoms with Crippen LogP contribution in [0.4, 0.5) is 5.69 Å². The predicted octanol–water partition coefficient (Wildman–Crippen LogP) is 3.29. The first-order valence-corrected chi connectivity index (χ1v) is 7.24. The summed E-state index contributed by atoms with van der Waals surface area (Å²) in [4.78, 5) is 29.2. The average Bonchev–Trinajstić information content (AvgIpc) is 2.83. The third kappa shape index (κ3) is 3.37. The van der Waals surface area contributed by atoms with Crippen molar-refractivity contribution in [3.8, 4) is 0 Å². The minimum Gasteiger partial charge on any atom is -0.336 e. The smallest absolute Gasteiger partial charge is 0.270 e. The lowest BCUT2D eigenvalue weighted by Crippen LogP contribution is -2.26. The number of carbonyl (C=O) groups is 1. The summed E-state index contributed by atoms with van der Waals surface area (Å²) in [6.45, 7) is 2.25. The fraction of sp³-hybridized carbons (Fsp3) is 0.231. The molecule has 21 heavy (non-hydrogen) atoms. The van der Waals surface area contributed by atoms with Crippen LogP contribution < -0.4 is 0 Å². The molecule has 0 spiro atoms. The van der Waals surface area contributed by atoms with Crippen LogP contribution in [-0.2, 0) is 6.54 Å². The highest BCUT2D eigenvalue weighted by molar-refractivity contribution is 7.09. The first kappa shape index (κ1) is 15.4. The molecule has 6 nitrogen and oxygen atoms in total. The molecule has 0 saturated heterocycles. The van der Waals surface area contributed by atoms with Crippen LogP contribution in [0.25, 0.3) is 0 Å². The van der Waals surface area contributed by atoms with E-state index in [1.54, 1.807) is 12.6 Å². The molecule has 2 aromatic rings. The lowest BCUT2D eigenvalue weighted by molar-refractivity contribution is -0.384. The minimum atomic E-state index is -0.555. The van der Waals surface area contributed by atoms with Crippen LogP contribution in [0.2, 0.25) is 5.02 Å². The molecule has 0 saturated carbocycles. The molecule has 8 heteroatoms. The molecule has 0 fully saturated rings. The largest absolute Gasteiger partial charge is 0.336 e. The summed E-state index contributed by atoms with van der Waals surface area (Å²) in [7, 11) is 1.62. The van der Waals surface area contributed by atoms with E-state index in [1.807, 2.05) is 6.92 Å². The van der Waals surface area contributed by atoms with Crippen molar-refractivity contribution >= 4 is 34.5 Å². The van der Waals surface area contributed by atoms with Gasteiger partial charge in [0.1, 0.15) is 0 Å². The highest BCUT2D eigenvalue weighted by atomic mass is 35.5. The van der Waals surface area contributed by atoms with Gasteiger partial charge in [0.2, 0.25) is 0 Å². The molecule has 1 amide bonds. The quantitative estimate of drug-likeness (QED) is 0.638. The lowest BCUT2D eigenvalue weighted by atomic mass is 10.1. The van der Waals surface area contributed by atoms with Crippen LogP contribution in [0.3, 0.4) is 0 Å². The van der Waals surface area contributed by atoms with Crippen molar-refractivity contribution in [2.24, 2.45) is 0 Å². The van der Waals surface area contributed by atoms with Gasteiger partial charge in [-0.3, -0.25) is 14.9 Å².